The first-order chi connectivity index (χ1) is 44.4. The van der Waals surface area contributed by atoms with Gasteiger partial charge in [0.15, 0.2) is 23.0 Å². The van der Waals surface area contributed by atoms with Crippen LogP contribution in [-0.4, -0.2) is 62.3 Å². The van der Waals surface area contributed by atoms with Crippen LogP contribution < -0.4 is 28.4 Å². The molecule has 514 valence electrons. The van der Waals surface area contributed by atoms with Crippen LogP contribution >= 0.6 is 0 Å². The van der Waals surface area contributed by atoms with Crippen molar-refractivity contribution in [3.63, 3.8) is 0 Å². The van der Waals surface area contributed by atoms with Gasteiger partial charge in [0, 0.05) is 53.9 Å². The van der Waals surface area contributed by atoms with Crippen LogP contribution in [0.25, 0.3) is 0 Å². The van der Waals surface area contributed by atoms with Crippen LogP contribution in [-0.2, 0) is 0 Å². The number of ether oxygens (including phenoxy) is 6. The molecule has 0 aliphatic carbocycles. The fraction of sp³-hybridized carbons (Fsp3) is 0.750. The van der Waals surface area contributed by atoms with Gasteiger partial charge < -0.3 is 38.6 Å². The number of aliphatic imine (C=N–C) groups is 2. The zero-order valence-electron chi connectivity index (χ0n) is 59.0. The Morgan fingerprint density at radius 1 is 0.244 bits per heavy atom. The third kappa shape index (κ3) is 39.7. The fourth-order valence-corrected chi connectivity index (χ4v) is 11.6. The van der Waals surface area contributed by atoms with E-state index in [0.717, 1.165) is 77.0 Å². The van der Waals surface area contributed by atoms with E-state index in [1.165, 1.54) is 237 Å². The molecule has 0 unspecified atom stereocenters. The molecule has 0 fully saturated rings. The van der Waals surface area contributed by atoms with Crippen molar-refractivity contribution in [3.05, 3.63) is 47.5 Å². The summed E-state index contributed by atoms with van der Waals surface area (Å²) in [5.74, 6) is 3.63. The molecule has 0 saturated carbocycles. The Labute approximate surface area is 552 Å². The van der Waals surface area contributed by atoms with E-state index in [9.17, 15) is 10.2 Å². The van der Waals surface area contributed by atoms with Crippen molar-refractivity contribution in [1.82, 2.24) is 0 Å². The molecule has 3 aromatic carbocycles. The number of nitrogens with zero attached hydrogens (tertiary/aromatic N) is 2. The van der Waals surface area contributed by atoms with E-state index in [1.807, 2.05) is 24.3 Å². The third-order valence-corrected chi connectivity index (χ3v) is 17.4. The minimum Gasteiger partial charge on any atom is -0.507 e. The normalized spacial score (nSPS) is 11.6. The first-order valence-corrected chi connectivity index (χ1v) is 38.2. The molecule has 0 aliphatic heterocycles. The van der Waals surface area contributed by atoms with Crippen LogP contribution in [0, 0.1) is 0 Å². The second-order valence-corrected chi connectivity index (χ2v) is 26.0. The Kier molecular flexibility index (Phi) is 50.5. The largest absolute Gasteiger partial charge is 0.507 e. The number of benzene rings is 3. The molecule has 2 N–H and O–H groups in total. The monoisotopic (exact) mass is 1250 g/mol. The summed E-state index contributed by atoms with van der Waals surface area (Å²) < 4.78 is 39.9. The van der Waals surface area contributed by atoms with Crippen molar-refractivity contribution in [2.24, 2.45) is 9.98 Å². The van der Waals surface area contributed by atoms with Crippen LogP contribution in [0.2, 0.25) is 0 Å². The van der Waals surface area contributed by atoms with Gasteiger partial charge in [-0.15, -0.1) is 0 Å². The van der Waals surface area contributed by atoms with Gasteiger partial charge in [0.2, 0.25) is 11.5 Å². The topological polar surface area (TPSA) is 121 Å². The van der Waals surface area contributed by atoms with Gasteiger partial charge in [0.1, 0.15) is 11.5 Å². The number of aromatic hydroxyl groups is 2. The standard InChI is InChI=1S/C80H136N2O8/c1-7-13-19-25-31-37-43-49-55-85-75-62-71(63-76(86-56-50-44-38-32-26-20-14-8-2)79(75)89-59-53-47-41-35-29-23-17-11-5)81-67-69-61-70(74(84)66-73(69)83)68-82-72-64-77(87-57-51-45-39-33-27-21-15-9-3)80(90-60-54-48-42-36-30-24-18-12-6)78(65-72)88-58-52-46-40-34-28-22-16-10-4/h61-68,83-84H,7-60H2,1-6H3. The summed E-state index contributed by atoms with van der Waals surface area (Å²) in [5.41, 5.74) is 2.11. The molecule has 0 aliphatic rings. The van der Waals surface area contributed by atoms with Crippen molar-refractivity contribution in [3.8, 4) is 46.0 Å². The minimum atomic E-state index is -0.0951. The van der Waals surface area contributed by atoms with E-state index in [0.29, 0.717) is 96.6 Å². The molecular formula is C80H136N2O8. The summed E-state index contributed by atoms with van der Waals surface area (Å²) in [7, 11) is 0. The Morgan fingerprint density at radius 3 is 0.644 bits per heavy atom. The second kappa shape index (κ2) is 57.1. The quantitative estimate of drug-likeness (QED) is 0.0424. The lowest BCUT2D eigenvalue weighted by molar-refractivity contribution is 0.234. The van der Waals surface area contributed by atoms with E-state index in [2.05, 4.69) is 41.5 Å². The summed E-state index contributed by atoms with van der Waals surface area (Å²) >= 11 is 0. The van der Waals surface area contributed by atoms with Crippen molar-refractivity contribution in [2.45, 2.75) is 350 Å². The lowest BCUT2D eigenvalue weighted by Gasteiger charge is -2.18. The SMILES string of the molecule is CCCCCCCCCCOc1cc(N=Cc2cc(C=Nc3cc(OCCCCCCCCCC)c(OCCCCCCCCCC)c(OCCCCCCCCCC)c3)c(O)cc2O)cc(OCCCCCCCCCC)c1OCCCCCCCCCC. The summed E-state index contributed by atoms with van der Waals surface area (Å²) in [6.45, 7) is 17.1. The first-order valence-electron chi connectivity index (χ1n) is 38.2. The lowest BCUT2D eigenvalue weighted by atomic mass is 10.1. The van der Waals surface area contributed by atoms with Crippen molar-refractivity contribution in [1.29, 1.82) is 0 Å². The first kappa shape index (κ1) is 79.6. The van der Waals surface area contributed by atoms with Gasteiger partial charge in [-0.1, -0.05) is 311 Å². The molecule has 3 aromatic rings. The van der Waals surface area contributed by atoms with Gasteiger partial charge in [-0.05, 0) is 44.6 Å². The van der Waals surface area contributed by atoms with Crippen LogP contribution in [0.5, 0.6) is 46.0 Å². The summed E-state index contributed by atoms with van der Waals surface area (Å²) in [6, 6.07) is 10.9. The van der Waals surface area contributed by atoms with Crippen LogP contribution in [0.4, 0.5) is 11.4 Å². The van der Waals surface area contributed by atoms with E-state index in [-0.39, 0.29) is 11.5 Å². The molecular weight excluding hydrogens is 1120 g/mol. The highest BCUT2D eigenvalue weighted by molar-refractivity contribution is 5.93. The average Bonchev–Trinajstić information content (AvgIpc) is 2.35. The molecule has 0 aromatic heterocycles. The Balaban J connectivity index is 1.99. The van der Waals surface area contributed by atoms with E-state index in [4.69, 9.17) is 38.4 Å². The molecule has 3 rings (SSSR count). The van der Waals surface area contributed by atoms with Crippen LogP contribution in [0.1, 0.15) is 361 Å². The zero-order chi connectivity index (χ0) is 64.4. The molecule has 0 radical (unpaired) electrons. The van der Waals surface area contributed by atoms with Gasteiger partial charge in [-0.2, -0.15) is 0 Å². The molecule has 0 saturated heterocycles. The smallest absolute Gasteiger partial charge is 0.203 e. The maximum absolute atomic E-state index is 11.4. The van der Waals surface area contributed by atoms with Gasteiger partial charge in [0.25, 0.3) is 0 Å². The highest BCUT2D eigenvalue weighted by Gasteiger charge is 2.19. The second-order valence-electron chi connectivity index (χ2n) is 26.0. The predicted octanol–water partition coefficient (Wildman–Crippen LogP) is 25.7. The highest BCUT2D eigenvalue weighted by atomic mass is 16.5. The zero-order valence-corrected chi connectivity index (χ0v) is 59.0. The van der Waals surface area contributed by atoms with Gasteiger partial charge in [-0.3, -0.25) is 9.98 Å². The third-order valence-electron chi connectivity index (χ3n) is 17.4. The summed E-state index contributed by atoms with van der Waals surface area (Å²) in [6.07, 6.45) is 61.8. The lowest BCUT2D eigenvalue weighted by Crippen LogP contribution is -2.06. The summed E-state index contributed by atoms with van der Waals surface area (Å²) in [4.78, 5) is 9.94. The molecule has 0 amide bonds. The minimum absolute atomic E-state index is 0.0951. The van der Waals surface area contributed by atoms with E-state index >= 15 is 0 Å². The number of phenols is 2. The number of hydrogen-bond donors (Lipinski definition) is 2. The highest BCUT2D eigenvalue weighted by Crippen LogP contribution is 2.44. The Bertz CT molecular complexity index is 1980. The number of unbranched alkanes of at least 4 members (excludes halogenated alkanes) is 42. The van der Waals surface area contributed by atoms with Crippen molar-refractivity contribution >= 4 is 23.8 Å². The average molecular weight is 1250 g/mol. The molecule has 90 heavy (non-hydrogen) atoms. The molecule has 0 atom stereocenters. The number of rotatable bonds is 64. The Morgan fingerprint density at radius 2 is 0.433 bits per heavy atom. The van der Waals surface area contributed by atoms with Gasteiger partial charge in [0.05, 0.1) is 51.0 Å². The van der Waals surface area contributed by atoms with Crippen molar-refractivity contribution < 1.29 is 38.6 Å². The number of hydrogen-bond acceptors (Lipinski definition) is 10. The maximum atomic E-state index is 11.4. The molecule has 10 nitrogen and oxygen atoms in total. The van der Waals surface area contributed by atoms with Crippen molar-refractivity contribution in [2.75, 3.05) is 39.6 Å². The molecule has 0 spiro atoms. The maximum Gasteiger partial charge on any atom is 0.203 e. The fourth-order valence-electron chi connectivity index (χ4n) is 11.6. The van der Waals surface area contributed by atoms with E-state index in [1.54, 1.807) is 18.5 Å². The Hall–Kier alpha value is -4.60. The number of phenolic OH excluding ortho intramolecular Hbond substituents is 2. The van der Waals surface area contributed by atoms with Gasteiger partial charge in [-0.25, -0.2) is 0 Å². The van der Waals surface area contributed by atoms with Crippen LogP contribution in [0.15, 0.2) is 46.4 Å². The summed E-state index contributed by atoms with van der Waals surface area (Å²) in [5, 5.41) is 22.7. The van der Waals surface area contributed by atoms with Gasteiger partial charge >= 0.3 is 0 Å². The van der Waals surface area contributed by atoms with E-state index < -0.39 is 0 Å². The molecule has 10 heteroatoms. The predicted molar refractivity (Wildman–Crippen MR) is 386 cm³/mol. The molecule has 0 heterocycles. The van der Waals surface area contributed by atoms with Crippen LogP contribution in [0.3, 0.4) is 0 Å². The molecule has 0 bridgehead atoms.